The number of benzene rings is 1. The summed E-state index contributed by atoms with van der Waals surface area (Å²) in [5.74, 6) is 0. The van der Waals surface area contributed by atoms with E-state index >= 15 is 0 Å². The van der Waals surface area contributed by atoms with Gasteiger partial charge < -0.3 is 42.6 Å². The maximum atomic E-state index is 8.12. The monoisotopic (exact) mass is 529 g/mol. The zero-order valence-corrected chi connectivity index (χ0v) is 21.8. The van der Waals surface area contributed by atoms with Gasteiger partial charge in [0.05, 0.1) is 119 Å². The van der Waals surface area contributed by atoms with Crippen molar-refractivity contribution in [2.24, 2.45) is 5.11 Å². The molecular formula is C25H43N3O9. The van der Waals surface area contributed by atoms with E-state index in [2.05, 4.69) is 10.0 Å². The molecule has 0 atom stereocenters. The van der Waals surface area contributed by atoms with Crippen molar-refractivity contribution in [1.82, 2.24) is 0 Å². The van der Waals surface area contributed by atoms with E-state index in [1.807, 2.05) is 30.3 Å². The van der Waals surface area contributed by atoms with Crippen LogP contribution in [0.2, 0.25) is 0 Å². The van der Waals surface area contributed by atoms with Crippen molar-refractivity contribution < 1.29 is 42.6 Å². The van der Waals surface area contributed by atoms with Gasteiger partial charge in [-0.3, -0.25) is 0 Å². The quantitative estimate of drug-likeness (QED) is 0.0665. The number of nitrogens with zero attached hydrogens (tertiary/aromatic N) is 3. The van der Waals surface area contributed by atoms with Gasteiger partial charge in [0.15, 0.2) is 0 Å². The van der Waals surface area contributed by atoms with Gasteiger partial charge in [-0.1, -0.05) is 35.4 Å². The highest BCUT2D eigenvalue weighted by Gasteiger charge is 1.96. The first-order valence-corrected chi connectivity index (χ1v) is 12.7. The van der Waals surface area contributed by atoms with Gasteiger partial charge in [0.1, 0.15) is 0 Å². The van der Waals surface area contributed by atoms with Gasteiger partial charge >= 0.3 is 0 Å². The van der Waals surface area contributed by atoms with Crippen molar-refractivity contribution >= 4 is 0 Å². The van der Waals surface area contributed by atoms with E-state index in [1.165, 1.54) is 0 Å². The van der Waals surface area contributed by atoms with Crippen LogP contribution in [0, 0.1) is 0 Å². The van der Waals surface area contributed by atoms with Crippen LogP contribution in [-0.2, 0) is 49.2 Å². The van der Waals surface area contributed by atoms with Crippen molar-refractivity contribution in [3.8, 4) is 0 Å². The second-order valence-corrected chi connectivity index (χ2v) is 7.39. The molecule has 0 bridgehead atoms. The summed E-state index contributed by atoms with van der Waals surface area (Å²) in [5.41, 5.74) is 9.27. The van der Waals surface area contributed by atoms with Crippen LogP contribution in [0.4, 0.5) is 0 Å². The molecule has 1 rings (SSSR count). The number of azide groups is 1. The van der Waals surface area contributed by atoms with Crippen LogP contribution < -0.4 is 0 Å². The number of hydrogen-bond donors (Lipinski definition) is 0. The van der Waals surface area contributed by atoms with Crippen molar-refractivity contribution in [1.29, 1.82) is 0 Å². The zero-order valence-electron chi connectivity index (χ0n) is 21.8. The van der Waals surface area contributed by atoms with Crippen LogP contribution in [-0.4, -0.2) is 119 Å². The fourth-order valence-electron chi connectivity index (χ4n) is 2.67. The summed E-state index contributed by atoms with van der Waals surface area (Å²) < 4.78 is 48.8. The molecule has 0 aliphatic carbocycles. The van der Waals surface area contributed by atoms with Crippen LogP contribution in [0.15, 0.2) is 35.4 Å². The molecule has 0 radical (unpaired) electrons. The summed E-state index contributed by atoms with van der Waals surface area (Å²) in [5, 5.41) is 3.37. The predicted octanol–water partition coefficient (Wildman–Crippen LogP) is 2.65. The van der Waals surface area contributed by atoms with Gasteiger partial charge in [-0.05, 0) is 11.1 Å². The molecule has 0 N–H and O–H groups in total. The molecule has 37 heavy (non-hydrogen) atoms. The van der Waals surface area contributed by atoms with Crippen LogP contribution in [0.25, 0.3) is 10.4 Å². The maximum Gasteiger partial charge on any atom is 0.0718 e. The lowest BCUT2D eigenvalue weighted by atomic mass is 10.2. The molecule has 0 aromatic heterocycles. The Hall–Kier alpha value is -1.83. The van der Waals surface area contributed by atoms with E-state index in [0.29, 0.717) is 125 Å². The first-order chi connectivity index (χ1) is 18.4. The van der Waals surface area contributed by atoms with E-state index in [9.17, 15) is 0 Å². The molecule has 212 valence electrons. The number of rotatable bonds is 29. The normalized spacial score (nSPS) is 11.0. The van der Waals surface area contributed by atoms with Crippen molar-refractivity contribution in [3.63, 3.8) is 0 Å². The van der Waals surface area contributed by atoms with E-state index in [-0.39, 0.29) is 0 Å². The SMILES string of the molecule is [N-]=[N+]=NCCOCCOCCOCCOCCOCCOCCOCCOCCOCc1ccccc1. The van der Waals surface area contributed by atoms with E-state index < -0.39 is 0 Å². The molecule has 12 heteroatoms. The molecule has 1 aromatic rings. The lowest BCUT2D eigenvalue weighted by Gasteiger charge is -2.09. The Morgan fingerprint density at radius 3 is 1.14 bits per heavy atom. The Morgan fingerprint density at radius 1 is 0.459 bits per heavy atom. The fourth-order valence-corrected chi connectivity index (χ4v) is 2.67. The van der Waals surface area contributed by atoms with Crippen molar-refractivity contribution in [2.75, 3.05) is 119 Å². The maximum absolute atomic E-state index is 8.12. The predicted molar refractivity (Wildman–Crippen MR) is 137 cm³/mol. The molecule has 0 saturated heterocycles. The van der Waals surface area contributed by atoms with Gasteiger partial charge in [0.25, 0.3) is 0 Å². The molecule has 0 heterocycles. The smallest absolute Gasteiger partial charge is 0.0718 e. The number of ether oxygens (including phenoxy) is 9. The lowest BCUT2D eigenvalue weighted by Crippen LogP contribution is -2.15. The Kier molecular flexibility index (Phi) is 25.8. The molecule has 0 spiro atoms. The Bertz CT molecular complexity index is 637. The minimum absolute atomic E-state index is 0.332. The van der Waals surface area contributed by atoms with Crippen molar-refractivity contribution in [3.05, 3.63) is 46.3 Å². The molecular weight excluding hydrogens is 486 g/mol. The fraction of sp³-hybridized carbons (Fsp3) is 0.760. The third-order valence-electron chi connectivity index (χ3n) is 4.49. The molecule has 0 aliphatic heterocycles. The van der Waals surface area contributed by atoms with Gasteiger partial charge in [0, 0.05) is 11.5 Å². The Balaban J connectivity index is 1.63. The van der Waals surface area contributed by atoms with E-state index in [0.717, 1.165) is 5.56 Å². The van der Waals surface area contributed by atoms with Crippen LogP contribution in [0.1, 0.15) is 5.56 Å². The standard InChI is InChI=1S/C25H43N3O9/c26-28-27-6-7-29-8-9-30-10-11-31-12-13-32-14-15-33-16-17-34-18-19-35-20-21-36-22-23-37-24-25-4-2-1-3-5-25/h1-5H,6-24H2. The molecule has 0 saturated carbocycles. The van der Waals surface area contributed by atoms with Gasteiger partial charge in [0.2, 0.25) is 0 Å². The van der Waals surface area contributed by atoms with Crippen molar-refractivity contribution in [2.45, 2.75) is 6.61 Å². The summed E-state index contributed by atoms with van der Waals surface area (Å²) in [7, 11) is 0. The van der Waals surface area contributed by atoms with Crippen LogP contribution >= 0.6 is 0 Å². The summed E-state index contributed by atoms with van der Waals surface area (Å²) in [6.07, 6.45) is 0. The highest BCUT2D eigenvalue weighted by molar-refractivity contribution is 5.13. The van der Waals surface area contributed by atoms with Gasteiger partial charge in [-0.2, -0.15) is 0 Å². The average molecular weight is 530 g/mol. The average Bonchev–Trinajstić information content (AvgIpc) is 2.93. The minimum Gasteiger partial charge on any atom is -0.379 e. The lowest BCUT2D eigenvalue weighted by molar-refractivity contribution is -0.0252. The molecule has 12 nitrogen and oxygen atoms in total. The zero-order chi connectivity index (χ0) is 26.3. The molecule has 0 fully saturated rings. The third-order valence-corrected chi connectivity index (χ3v) is 4.49. The second kappa shape index (κ2) is 28.7. The first kappa shape index (κ1) is 33.2. The topological polar surface area (TPSA) is 132 Å². The third kappa shape index (κ3) is 25.6. The Morgan fingerprint density at radius 2 is 0.784 bits per heavy atom. The minimum atomic E-state index is 0.332. The summed E-state index contributed by atoms with van der Waals surface area (Å²) in [6, 6.07) is 10.1. The Labute approximate surface area is 220 Å². The summed E-state index contributed by atoms with van der Waals surface area (Å²) >= 11 is 0. The van der Waals surface area contributed by atoms with Gasteiger partial charge in [-0.25, -0.2) is 0 Å². The van der Waals surface area contributed by atoms with Crippen LogP contribution in [0.3, 0.4) is 0 Å². The first-order valence-electron chi connectivity index (χ1n) is 12.7. The largest absolute Gasteiger partial charge is 0.379 e. The molecule has 0 aliphatic rings. The highest BCUT2D eigenvalue weighted by atomic mass is 16.6. The van der Waals surface area contributed by atoms with E-state index in [1.54, 1.807) is 0 Å². The molecule has 0 unspecified atom stereocenters. The van der Waals surface area contributed by atoms with Crippen LogP contribution in [0.5, 0.6) is 0 Å². The summed E-state index contributed by atoms with van der Waals surface area (Å²) in [4.78, 5) is 2.64. The second-order valence-electron chi connectivity index (χ2n) is 7.39. The summed E-state index contributed by atoms with van der Waals surface area (Å²) in [6.45, 7) is 9.54. The molecule has 1 aromatic carbocycles. The van der Waals surface area contributed by atoms with E-state index in [4.69, 9.17) is 48.2 Å². The van der Waals surface area contributed by atoms with Gasteiger partial charge in [-0.15, -0.1) is 0 Å². The molecule has 0 amide bonds. The highest BCUT2D eigenvalue weighted by Crippen LogP contribution is 2.00. The number of hydrogen-bond acceptors (Lipinski definition) is 10.